The van der Waals surface area contributed by atoms with Crippen LogP contribution < -0.4 is 5.32 Å². The summed E-state index contributed by atoms with van der Waals surface area (Å²) in [7, 11) is 0. The standard InChI is InChI=1S/C15H25NO6/c1-2-21-12(17)7-8-22-14(18)13-15(19,20)11-6-4-3-5-10(11)9-16-13/h10-11,13,16,19-20H,2-9H2,1H3. The lowest BCUT2D eigenvalue weighted by Gasteiger charge is -2.47. The van der Waals surface area contributed by atoms with Crippen molar-refractivity contribution in [3.63, 3.8) is 0 Å². The minimum Gasteiger partial charge on any atom is -0.466 e. The molecule has 1 aliphatic carbocycles. The smallest absolute Gasteiger partial charge is 0.328 e. The number of aliphatic hydroxyl groups is 2. The quantitative estimate of drug-likeness (QED) is 0.482. The number of hydrogen-bond donors (Lipinski definition) is 3. The Morgan fingerprint density at radius 1 is 1.23 bits per heavy atom. The van der Waals surface area contributed by atoms with Crippen LogP contribution >= 0.6 is 0 Å². The molecule has 0 spiro atoms. The van der Waals surface area contributed by atoms with Crippen molar-refractivity contribution in [2.75, 3.05) is 19.8 Å². The molecule has 1 saturated carbocycles. The Morgan fingerprint density at radius 2 is 1.95 bits per heavy atom. The van der Waals surface area contributed by atoms with Gasteiger partial charge in [-0.15, -0.1) is 0 Å². The molecule has 1 aliphatic heterocycles. The number of ether oxygens (including phenoxy) is 2. The lowest BCUT2D eigenvalue weighted by molar-refractivity contribution is -0.253. The van der Waals surface area contributed by atoms with E-state index >= 15 is 0 Å². The van der Waals surface area contributed by atoms with Gasteiger partial charge in [0.15, 0.2) is 11.8 Å². The van der Waals surface area contributed by atoms with E-state index in [1.807, 2.05) is 0 Å². The SMILES string of the molecule is CCOC(=O)CCOC(=O)C1NCC2CCCCC2C1(O)O. The van der Waals surface area contributed by atoms with Gasteiger partial charge in [-0.05, 0) is 32.2 Å². The summed E-state index contributed by atoms with van der Waals surface area (Å²) in [6.45, 7) is 2.42. The lowest BCUT2D eigenvalue weighted by atomic mass is 9.70. The van der Waals surface area contributed by atoms with Crippen LogP contribution in [0.2, 0.25) is 0 Å². The van der Waals surface area contributed by atoms with Crippen LogP contribution in [0.3, 0.4) is 0 Å². The van der Waals surface area contributed by atoms with Crippen LogP contribution in [0.15, 0.2) is 0 Å². The molecule has 2 fully saturated rings. The molecule has 7 nitrogen and oxygen atoms in total. The van der Waals surface area contributed by atoms with E-state index in [1.165, 1.54) is 0 Å². The van der Waals surface area contributed by atoms with E-state index in [9.17, 15) is 19.8 Å². The fourth-order valence-electron chi connectivity index (χ4n) is 3.45. The van der Waals surface area contributed by atoms with Crippen molar-refractivity contribution in [3.8, 4) is 0 Å². The molecule has 2 aliphatic rings. The molecule has 126 valence electrons. The monoisotopic (exact) mass is 315 g/mol. The molecular weight excluding hydrogens is 290 g/mol. The molecule has 0 aromatic rings. The predicted octanol–water partition coefficient (Wildman–Crippen LogP) is -0.0581. The van der Waals surface area contributed by atoms with Gasteiger partial charge >= 0.3 is 11.9 Å². The van der Waals surface area contributed by atoms with E-state index in [2.05, 4.69) is 5.32 Å². The second-order valence-corrected chi connectivity index (χ2v) is 6.00. The highest BCUT2D eigenvalue weighted by molar-refractivity contribution is 5.78. The van der Waals surface area contributed by atoms with Gasteiger partial charge < -0.3 is 19.7 Å². The topological polar surface area (TPSA) is 105 Å². The van der Waals surface area contributed by atoms with Crippen LogP contribution in [0.25, 0.3) is 0 Å². The van der Waals surface area contributed by atoms with Crippen LogP contribution in [0.1, 0.15) is 39.0 Å². The van der Waals surface area contributed by atoms with Crippen LogP contribution in [-0.4, -0.2) is 53.7 Å². The van der Waals surface area contributed by atoms with Gasteiger partial charge in [-0.1, -0.05) is 12.8 Å². The Bertz CT molecular complexity index is 411. The molecule has 1 saturated heterocycles. The maximum absolute atomic E-state index is 12.1. The van der Waals surface area contributed by atoms with Crippen molar-refractivity contribution in [2.45, 2.75) is 50.9 Å². The number of esters is 2. The fourth-order valence-corrected chi connectivity index (χ4v) is 3.45. The first kappa shape index (κ1) is 17.2. The van der Waals surface area contributed by atoms with Crippen molar-refractivity contribution in [1.82, 2.24) is 5.32 Å². The number of nitrogens with one attached hydrogen (secondary N) is 1. The Kier molecular flexibility index (Phi) is 5.77. The number of piperidine rings is 1. The Balaban J connectivity index is 1.88. The summed E-state index contributed by atoms with van der Waals surface area (Å²) in [5.74, 6) is -3.43. The van der Waals surface area contributed by atoms with E-state index in [0.717, 1.165) is 19.3 Å². The van der Waals surface area contributed by atoms with Crippen LogP contribution in [0, 0.1) is 11.8 Å². The molecule has 22 heavy (non-hydrogen) atoms. The zero-order chi connectivity index (χ0) is 16.2. The van der Waals surface area contributed by atoms with E-state index in [-0.39, 0.29) is 31.5 Å². The van der Waals surface area contributed by atoms with Gasteiger partial charge in [-0.2, -0.15) is 0 Å². The summed E-state index contributed by atoms with van der Waals surface area (Å²) in [5.41, 5.74) is 0. The van der Waals surface area contributed by atoms with Crippen molar-refractivity contribution < 1.29 is 29.3 Å². The molecule has 3 atom stereocenters. The first-order valence-corrected chi connectivity index (χ1v) is 7.97. The Hall–Kier alpha value is -1.18. The third-order valence-electron chi connectivity index (χ3n) is 4.56. The summed E-state index contributed by atoms with van der Waals surface area (Å²) in [6.07, 6.45) is 3.61. The predicted molar refractivity (Wildman–Crippen MR) is 76.6 cm³/mol. The molecule has 7 heteroatoms. The molecule has 3 unspecified atom stereocenters. The molecule has 3 N–H and O–H groups in total. The number of hydrogen-bond acceptors (Lipinski definition) is 7. The third-order valence-corrected chi connectivity index (χ3v) is 4.56. The van der Waals surface area contributed by atoms with Crippen molar-refractivity contribution >= 4 is 11.9 Å². The normalized spacial score (nSPS) is 30.2. The van der Waals surface area contributed by atoms with Crippen molar-refractivity contribution in [3.05, 3.63) is 0 Å². The zero-order valence-electron chi connectivity index (χ0n) is 12.9. The molecule has 0 radical (unpaired) electrons. The second kappa shape index (κ2) is 7.39. The van der Waals surface area contributed by atoms with Crippen molar-refractivity contribution in [2.24, 2.45) is 11.8 Å². The number of rotatable bonds is 5. The maximum atomic E-state index is 12.1. The number of fused-ring (bicyclic) bond motifs is 1. The molecular formula is C15H25NO6. The summed E-state index contributed by atoms with van der Waals surface area (Å²) in [4.78, 5) is 23.3. The van der Waals surface area contributed by atoms with E-state index in [0.29, 0.717) is 13.0 Å². The first-order valence-electron chi connectivity index (χ1n) is 7.97. The number of carbonyl (C=O) groups excluding carboxylic acids is 2. The Morgan fingerprint density at radius 3 is 2.68 bits per heavy atom. The third kappa shape index (κ3) is 3.77. The van der Waals surface area contributed by atoms with Gasteiger partial charge in [0.2, 0.25) is 0 Å². The summed E-state index contributed by atoms with van der Waals surface area (Å²) < 4.78 is 9.73. The molecule has 2 rings (SSSR count). The second-order valence-electron chi connectivity index (χ2n) is 6.00. The molecule has 0 amide bonds. The van der Waals surface area contributed by atoms with Gasteiger partial charge in [-0.25, -0.2) is 0 Å². The van der Waals surface area contributed by atoms with Gasteiger partial charge in [0, 0.05) is 5.92 Å². The summed E-state index contributed by atoms with van der Waals surface area (Å²) in [5, 5.41) is 23.7. The summed E-state index contributed by atoms with van der Waals surface area (Å²) >= 11 is 0. The van der Waals surface area contributed by atoms with Gasteiger partial charge in [0.25, 0.3) is 0 Å². The first-order chi connectivity index (χ1) is 10.5. The van der Waals surface area contributed by atoms with Gasteiger partial charge in [0.1, 0.15) is 6.61 Å². The molecule has 0 bridgehead atoms. The van der Waals surface area contributed by atoms with E-state index in [1.54, 1.807) is 6.92 Å². The van der Waals surface area contributed by atoms with Gasteiger partial charge in [-0.3, -0.25) is 14.9 Å². The highest BCUT2D eigenvalue weighted by Crippen LogP contribution is 2.40. The molecule has 0 aromatic carbocycles. The van der Waals surface area contributed by atoms with E-state index in [4.69, 9.17) is 9.47 Å². The maximum Gasteiger partial charge on any atom is 0.328 e. The van der Waals surface area contributed by atoms with Crippen LogP contribution in [0.4, 0.5) is 0 Å². The summed E-state index contributed by atoms with van der Waals surface area (Å²) in [6, 6.07) is -1.17. The number of carbonyl (C=O) groups is 2. The van der Waals surface area contributed by atoms with Crippen molar-refractivity contribution in [1.29, 1.82) is 0 Å². The average molecular weight is 315 g/mol. The highest BCUT2D eigenvalue weighted by atomic mass is 16.6. The highest BCUT2D eigenvalue weighted by Gasteiger charge is 2.53. The molecule has 0 aromatic heterocycles. The molecule has 1 heterocycles. The van der Waals surface area contributed by atoms with E-state index < -0.39 is 23.8 Å². The van der Waals surface area contributed by atoms with Crippen LogP contribution in [-0.2, 0) is 19.1 Å². The minimum absolute atomic E-state index is 0.0395. The average Bonchev–Trinajstić information content (AvgIpc) is 2.47. The van der Waals surface area contributed by atoms with Gasteiger partial charge in [0.05, 0.1) is 13.0 Å². The lowest BCUT2D eigenvalue weighted by Crippen LogP contribution is -2.67. The Labute approximate surface area is 130 Å². The fraction of sp³-hybridized carbons (Fsp3) is 0.867. The van der Waals surface area contributed by atoms with Crippen LogP contribution in [0.5, 0.6) is 0 Å². The minimum atomic E-state index is -2.11. The largest absolute Gasteiger partial charge is 0.466 e. The zero-order valence-corrected chi connectivity index (χ0v) is 12.9.